The topological polar surface area (TPSA) is 46.2 Å². The second kappa shape index (κ2) is 5.89. The van der Waals surface area contributed by atoms with E-state index in [1.165, 1.54) is 6.42 Å². The van der Waals surface area contributed by atoms with E-state index >= 15 is 0 Å². The second-order valence-electron chi connectivity index (χ2n) is 5.33. The van der Waals surface area contributed by atoms with Gasteiger partial charge in [-0.25, -0.2) is 13.1 Å². The van der Waals surface area contributed by atoms with Gasteiger partial charge < -0.3 is 0 Å². The smallest absolute Gasteiger partial charge is 0.212 e. The number of rotatable bonds is 3. The predicted molar refractivity (Wildman–Crippen MR) is 70.8 cm³/mol. The molecule has 0 heterocycles. The van der Waals surface area contributed by atoms with E-state index in [1.54, 1.807) is 0 Å². The number of hydrogen-bond donors (Lipinski definition) is 1. The zero-order valence-electron chi connectivity index (χ0n) is 10.2. The average molecular weight is 280 g/mol. The number of hydrogen-bond acceptors (Lipinski definition) is 2. The molecule has 0 saturated heterocycles. The van der Waals surface area contributed by atoms with Gasteiger partial charge in [0.15, 0.2) is 0 Å². The van der Waals surface area contributed by atoms with Gasteiger partial charge in [-0.2, -0.15) is 0 Å². The van der Waals surface area contributed by atoms with Crippen molar-refractivity contribution >= 4 is 21.6 Å². The first-order valence-electron chi connectivity index (χ1n) is 6.75. The van der Waals surface area contributed by atoms with Crippen LogP contribution >= 0.6 is 11.6 Å². The van der Waals surface area contributed by atoms with Crippen LogP contribution in [0.25, 0.3) is 0 Å². The van der Waals surface area contributed by atoms with E-state index in [4.69, 9.17) is 11.6 Å². The van der Waals surface area contributed by atoms with Gasteiger partial charge in [0, 0.05) is 11.4 Å². The minimum atomic E-state index is -3.14. The van der Waals surface area contributed by atoms with Crippen LogP contribution in [0.15, 0.2) is 0 Å². The molecule has 0 bridgehead atoms. The average Bonchev–Trinajstić information content (AvgIpc) is 2.74. The van der Waals surface area contributed by atoms with Crippen LogP contribution in [0.1, 0.15) is 57.8 Å². The van der Waals surface area contributed by atoms with Crippen molar-refractivity contribution in [2.24, 2.45) is 0 Å². The van der Waals surface area contributed by atoms with Crippen LogP contribution in [0.5, 0.6) is 0 Å². The summed E-state index contributed by atoms with van der Waals surface area (Å²) in [6.45, 7) is 0. The molecule has 0 aromatic rings. The van der Waals surface area contributed by atoms with Crippen LogP contribution < -0.4 is 4.72 Å². The fraction of sp³-hybridized carbons (Fsp3) is 1.00. The van der Waals surface area contributed by atoms with Gasteiger partial charge in [0.2, 0.25) is 10.0 Å². The van der Waals surface area contributed by atoms with Crippen molar-refractivity contribution in [2.45, 2.75) is 74.5 Å². The van der Waals surface area contributed by atoms with Crippen LogP contribution in [-0.2, 0) is 10.0 Å². The van der Waals surface area contributed by atoms with Crippen LogP contribution in [0.3, 0.4) is 0 Å². The van der Waals surface area contributed by atoms with Gasteiger partial charge in [-0.3, -0.25) is 0 Å². The van der Waals surface area contributed by atoms with Crippen molar-refractivity contribution in [1.82, 2.24) is 4.72 Å². The first kappa shape index (κ1) is 13.6. The highest BCUT2D eigenvalue weighted by atomic mass is 35.5. The molecule has 100 valence electrons. The normalized spacial score (nSPS) is 32.5. The molecule has 0 aromatic heterocycles. The molecule has 0 radical (unpaired) electrons. The molecule has 0 aliphatic heterocycles. The van der Waals surface area contributed by atoms with E-state index in [0.29, 0.717) is 0 Å². The summed E-state index contributed by atoms with van der Waals surface area (Å²) in [6, 6.07) is -0.0511. The summed E-state index contributed by atoms with van der Waals surface area (Å²) < 4.78 is 27.2. The monoisotopic (exact) mass is 279 g/mol. The zero-order chi connectivity index (χ0) is 12.3. The SMILES string of the molecule is O=S(=O)(NC1CCCCCC1Cl)C1CCCC1. The summed E-state index contributed by atoms with van der Waals surface area (Å²) in [6.07, 6.45) is 8.91. The Morgan fingerprint density at radius 3 is 2.18 bits per heavy atom. The van der Waals surface area contributed by atoms with E-state index in [1.807, 2.05) is 0 Å². The quantitative estimate of drug-likeness (QED) is 0.638. The Morgan fingerprint density at radius 2 is 1.47 bits per heavy atom. The van der Waals surface area contributed by atoms with Crippen LogP contribution in [0.2, 0.25) is 0 Å². The Hall–Kier alpha value is 0.200. The van der Waals surface area contributed by atoms with E-state index in [0.717, 1.165) is 51.4 Å². The largest absolute Gasteiger partial charge is 0.214 e. The number of halogens is 1. The maximum atomic E-state index is 12.2. The van der Waals surface area contributed by atoms with E-state index in [9.17, 15) is 8.42 Å². The molecular formula is C12H22ClNO2S. The lowest BCUT2D eigenvalue weighted by molar-refractivity contribution is 0.505. The predicted octanol–water partition coefficient (Wildman–Crippen LogP) is 2.79. The van der Waals surface area contributed by atoms with Gasteiger partial charge >= 0.3 is 0 Å². The maximum absolute atomic E-state index is 12.2. The minimum Gasteiger partial charge on any atom is -0.212 e. The van der Waals surface area contributed by atoms with Crippen LogP contribution in [-0.4, -0.2) is 25.1 Å². The molecule has 2 atom stereocenters. The zero-order valence-corrected chi connectivity index (χ0v) is 11.8. The third-order valence-corrected chi connectivity index (χ3v) is 6.49. The molecule has 3 nitrogen and oxygen atoms in total. The molecule has 0 aromatic carbocycles. The summed E-state index contributed by atoms with van der Waals surface area (Å²) in [5.74, 6) is 0. The van der Waals surface area contributed by atoms with Crippen molar-refractivity contribution in [3.8, 4) is 0 Å². The molecule has 5 heteroatoms. The van der Waals surface area contributed by atoms with Gasteiger partial charge in [0.25, 0.3) is 0 Å². The highest BCUT2D eigenvalue weighted by Crippen LogP contribution is 2.27. The third kappa shape index (κ3) is 3.58. The Morgan fingerprint density at radius 1 is 0.882 bits per heavy atom. The van der Waals surface area contributed by atoms with Crippen LogP contribution in [0, 0.1) is 0 Å². The van der Waals surface area contributed by atoms with Crippen molar-refractivity contribution in [3.05, 3.63) is 0 Å². The summed E-state index contributed by atoms with van der Waals surface area (Å²) in [4.78, 5) is 0. The lowest BCUT2D eigenvalue weighted by atomic mass is 10.1. The Bertz CT molecular complexity index is 338. The first-order chi connectivity index (χ1) is 8.09. The Labute approximate surface area is 109 Å². The number of sulfonamides is 1. The molecule has 2 saturated carbocycles. The van der Waals surface area contributed by atoms with Gasteiger partial charge in [-0.05, 0) is 25.7 Å². The first-order valence-corrected chi connectivity index (χ1v) is 8.73. The van der Waals surface area contributed by atoms with E-state index in [-0.39, 0.29) is 16.7 Å². The fourth-order valence-electron chi connectivity index (χ4n) is 2.90. The van der Waals surface area contributed by atoms with Crippen LogP contribution in [0.4, 0.5) is 0 Å². The highest BCUT2D eigenvalue weighted by molar-refractivity contribution is 7.90. The van der Waals surface area contributed by atoms with Crippen molar-refractivity contribution in [3.63, 3.8) is 0 Å². The fourth-order valence-corrected chi connectivity index (χ4v) is 5.17. The molecule has 2 aliphatic carbocycles. The maximum Gasteiger partial charge on any atom is 0.214 e. The van der Waals surface area contributed by atoms with Gasteiger partial charge in [0.1, 0.15) is 0 Å². The molecule has 2 rings (SSSR count). The van der Waals surface area contributed by atoms with E-state index < -0.39 is 10.0 Å². The molecule has 2 fully saturated rings. The molecule has 2 aliphatic rings. The molecule has 17 heavy (non-hydrogen) atoms. The van der Waals surface area contributed by atoms with Crippen molar-refractivity contribution in [2.75, 3.05) is 0 Å². The van der Waals surface area contributed by atoms with Gasteiger partial charge in [0.05, 0.1) is 5.25 Å². The molecule has 0 spiro atoms. The summed E-state index contributed by atoms with van der Waals surface area (Å²) in [7, 11) is -3.14. The summed E-state index contributed by atoms with van der Waals surface area (Å²) in [5.41, 5.74) is 0. The molecule has 1 N–H and O–H groups in total. The van der Waals surface area contributed by atoms with Gasteiger partial charge in [-0.15, -0.1) is 11.6 Å². The standard InChI is InChI=1S/C12H22ClNO2S/c13-11-8-2-1-3-9-12(11)14-17(15,16)10-6-4-5-7-10/h10-12,14H,1-9H2. The summed E-state index contributed by atoms with van der Waals surface area (Å²) in [5, 5.41) is -0.205. The lowest BCUT2D eigenvalue weighted by Crippen LogP contribution is -2.44. The lowest BCUT2D eigenvalue weighted by Gasteiger charge is -2.23. The highest BCUT2D eigenvalue weighted by Gasteiger charge is 2.33. The Balaban J connectivity index is 1.98. The number of nitrogens with one attached hydrogen (secondary N) is 1. The van der Waals surface area contributed by atoms with E-state index in [2.05, 4.69) is 4.72 Å². The number of alkyl halides is 1. The molecule has 0 amide bonds. The minimum absolute atomic E-state index is 0.0336. The van der Waals surface area contributed by atoms with Crippen molar-refractivity contribution in [1.29, 1.82) is 0 Å². The molecule has 2 unspecified atom stereocenters. The Kier molecular flexibility index (Phi) is 4.72. The molecular weight excluding hydrogens is 258 g/mol. The van der Waals surface area contributed by atoms with Gasteiger partial charge in [-0.1, -0.05) is 32.1 Å². The second-order valence-corrected chi connectivity index (χ2v) is 7.88. The summed E-state index contributed by atoms with van der Waals surface area (Å²) >= 11 is 6.27. The third-order valence-electron chi connectivity index (χ3n) is 3.99. The van der Waals surface area contributed by atoms with Crippen molar-refractivity contribution < 1.29 is 8.42 Å².